The quantitative estimate of drug-likeness (QED) is 0.148. The van der Waals surface area contributed by atoms with E-state index in [0.717, 1.165) is 54.7 Å². The van der Waals surface area contributed by atoms with Crippen LogP contribution in [0.25, 0.3) is 72.8 Å². The van der Waals surface area contributed by atoms with Gasteiger partial charge < -0.3 is 9.68 Å². The Bertz CT molecular complexity index is 2220. The highest BCUT2D eigenvalue weighted by molar-refractivity contribution is 6.09. The molecule has 0 amide bonds. The van der Waals surface area contributed by atoms with Crippen LogP contribution in [0.1, 0.15) is 27.8 Å². The summed E-state index contributed by atoms with van der Waals surface area (Å²) in [6.07, 6.45) is 7.75. The van der Waals surface area contributed by atoms with Gasteiger partial charge in [-0.05, 0) is 70.8 Å². The molecule has 0 fully saturated rings. The Hall–Kier alpha value is -6.24. The predicted molar refractivity (Wildman–Crippen MR) is 179 cm³/mol. The Morgan fingerprint density at radius 1 is 0.614 bits per heavy atom. The van der Waals surface area contributed by atoms with Crippen molar-refractivity contribution in [1.82, 2.24) is 9.46 Å². The van der Waals surface area contributed by atoms with E-state index in [1.165, 1.54) is 0 Å². The molecule has 0 atom stereocenters. The van der Waals surface area contributed by atoms with Gasteiger partial charge in [0, 0.05) is 21.5 Å². The molecule has 210 valence electrons. The van der Waals surface area contributed by atoms with Gasteiger partial charge in [0.1, 0.15) is 14.2 Å². The summed E-state index contributed by atoms with van der Waals surface area (Å²) in [6.45, 7) is 7.85. The molecule has 0 spiro atoms. The van der Waals surface area contributed by atoms with Gasteiger partial charge in [-0.15, -0.1) is 0 Å². The number of fused-ring (bicyclic) bond motifs is 6. The van der Waals surface area contributed by atoms with Gasteiger partial charge in [0.25, 0.3) is 0 Å². The van der Waals surface area contributed by atoms with Crippen LogP contribution in [0.5, 0.6) is 0 Å². The van der Waals surface area contributed by atoms with Gasteiger partial charge in [0.2, 0.25) is 0 Å². The van der Waals surface area contributed by atoms with Crippen molar-refractivity contribution in [3.05, 3.63) is 136 Å². The molecule has 7 aromatic rings. The van der Waals surface area contributed by atoms with E-state index in [1.807, 2.05) is 94.4 Å². The van der Waals surface area contributed by atoms with E-state index < -0.39 is 0 Å². The highest BCUT2D eigenvalue weighted by Crippen LogP contribution is 2.32. The van der Waals surface area contributed by atoms with Crippen LogP contribution in [0, 0.1) is 17.9 Å². The molecule has 2 aromatic heterocycles. The first kappa shape index (κ1) is 26.6. The molecule has 0 aliphatic heterocycles. The SMILES string of the molecule is [C-]#[N+]c1cc(/C=C/c2ccc3c(c2)c2ccccc2n3OC)c(C#N)cc1/C=C/c1ccc2c(c1)c1ccccc1n2OC. The van der Waals surface area contributed by atoms with Crippen molar-refractivity contribution < 1.29 is 9.68 Å². The van der Waals surface area contributed by atoms with E-state index in [9.17, 15) is 5.26 Å². The van der Waals surface area contributed by atoms with Crippen molar-refractivity contribution in [2.24, 2.45) is 0 Å². The number of hydrogen-bond donors (Lipinski definition) is 0. The first-order chi connectivity index (χ1) is 21.6. The van der Waals surface area contributed by atoms with Crippen molar-refractivity contribution in [2.75, 3.05) is 14.2 Å². The fourth-order valence-electron chi connectivity index (χ4n) is 5.97. The first-order valence-corrected chi connectivity index (χ1v) is 14.1. The number of hydrogen-bond acceptors (Lipinski definition) is 3. The third-order valence-corrected chi connectivity index (χ3v) is 8.02. The Labute approximate surface area is 254 Å². The second kappa shape index (κ2) is 10.9. The van der Waals surface area contributed by atoms with E-state index in [-0.39, 0.29) is 0 Å². The van der Waals surface area contributed by atoms with Crippen molar-refractivity contribution >= 4 is 73.6 Å². The van der Waals surface area contributed by atoms with Crippen molar-refractivity contribution in [3.8, 4) is 6.07 Å². The smallest absolute Gasteiger partial charge is 0.194 e. The number of nitriles is 1. The molecule has 0 radical (unpaired) electrons. The first-order valence-electron chi connectivity index (χ1n) is 14.1. The lowest BCUT2D eigenvalue weighted by atomic mass is 10.00. The summed E-state index contributed by atoms with van der Waals surface area (Å²) in [5.41, 5.74) is 8.33. The number of rotatable bonds is 6. The average molecular weight is 571 g/mol. The lowest BCUT2D eigenvalue weighted by Gasteiger charge is -2.05. The predicted octanol–water partition coefficient (Wildman–Crippen LogP) is 8.78. The fourth-order valence-corrected chi connectivity index (χ4v) is 5.97. The van der Waals surface area contributed by atoms with Crippen LogP contribution in [0.3, 0.4) is 0 Å². The zero-order chi connectivity index (χ0) is 30.2. The number of benzene rings is 5. The highest BCUT2D eigenvalue weighted by atomic mass is 16.6. The van der Waals surface area contributed by atoms with E-state index in [0.29, 0.717) is 22.4 Å². The highest BCUT2D eigenvalue weighted by Gasteiger charge is 2.13. The van der Waals surface area contributed by atoms with Crippen molar-refractivity contribution in [3.63, 3.8) is 0 Å². The molecule has 44 heavy (non-hydrogen) atoms. The molecule has 7 rings (SSSR count). The third-order valence-electron chi connectivity index (χ3n) is 8.02. The van der Waals surface area contributed by atoms with Crippen LogP contribution >= 0.6 is 0 Å². The van der Waals surface area contributed by atoms with Gasteiger partial charge in [-0.3, -0.25) is 0 Å². The van der Waals surface area contributed by atoms with E-state index in [2.05, 4.69) is 35.2 Å². The molecule has 0 unspecified atom stereocenters. The lowest BCUT2D eigenvalue weighted by molar-refractivity contribution is 0.190. The van der Waals surface area contributed by atoms with Crippen LogP contribution in [-0.2, 0) is 0 Å². The van der Waals surface area contributed by atoms with E-state index >= 15 is 0 Å². The largest absolute Gasteiger partial charge is 0.417 e. The fraction of sp³-hybridized carbons (Fsp3) is 0.0526. The summed E-state index contributed by atoms with van der Waals surface area (Å²) < 4.78 is 3.66. The molecule has 0 N–H and O–H groups in total. The Morgan fingerprint density at radius 3 is 1.61 bits per heavy atom. The van der Waals surface area contributed by atoms with Gasteiger partial charge in [-0.2, -0.15) is 14.7 Å². The maximum atomic E-state index is 10.0. The molecule has 6 heteroatoms. The normalized spacial score (nSPS) is 11.6. The van der Waals surface area contributed by atoms with Gasteiger partial charge in [0.05, 0.1) is 40.3 Å². The molecular weight excluding hydrogens is 544 g/mol. The van der Waals surface area contributed by atoms with Crippen molar-refractivity contribution in [1.29, 1.82) is 5.26 Å². The topological polar surface area (TPSA) is 56.5 Å². The monoisotopic (exact) mass is 570 g/mol. The minimum Gasteiger partial charge on any atom is -0.417 e. The van der Waals surface area contributed by atoms with E-state index in [4.69, 9.17) is 16.2 Å². The third kappa shape index (κ3) is 4.34. The number of aromatic nitrogens is 2. The molecule has 0 saturated carbocycles. The summed E-state index contributed by atoms with van der Waals surface area (Å²) in [4.78, 5) is 15.0. The van der Waals surface area contributed by atoms with Crippen LogP contribution < -0.4 is 9.68 Å². The van der Waals surface area contributed by atoms with Gasteiger partial charge in [-0.1, -0.05) is 72.8 Å². The molecule has 2 heterocycles. The van der Waals surface area contributed by atoms with E-state index in [1.54, 1.807) is 26.4 Å². The minimum absolute atomic E-state index is 0.482. The molecule has 6 nitrogen and oxygen atoms in total. The molecule has 0 aliphatic rings. The molecule has 0 bridgehead atoms. The summed E-state index contributed by atoms with van der Waals surface area (Å²) in [6, 6.07) is 34.5. The molecule has 0 aliphatic carbocycles. The van der Waals surface area contributed by atoms with Crippen molar-refractivity contribution in [2.45, 2.75) is 0 Å². The molecule has 0 saturated heterocycles. The Morgan fingerprint density at radius 2 is 1.11 bits per heavy atom. The van der Waals surface area contributed by atoms with Crippen LogP contribution in [0.2, 0.25) is 0 Å². The molecular formula is C38H26N4O2. The maximum absolute atomic E-state index is 10.0. The second-order valence-corrected chi connectivity index (χ2v) is 10.4. The molecule has 5 aromatic carbocycles. The number of nitrogens with zero attached hydrogens (tertiary/aromatic N) is 4. The minimum atomic E-state index is 0.482. The van der Waals surface area contributed by atoms with Crippen LogP contribution in [0.15, 0.2) is 97.1 Å². The standard InChI is InChI=1S/C38H26N4O2/c1-40-34-23-27(16-12-25-14-18-37-32(20-25)30-8-4-6-10-35(30)41(37)43-2)29(24-39)22-28(34)17-13-26-15-19-38-33(21-26)31-9-5-7-11-36(31)42(38)44-3/h4-23H,2-3H3/b16-12+,17-13+. The average Bonchev–Trinajstić information content (AvgIpc) is 3.57. The summed E-state index contributed by atoms with van der Waals surface area (Å²) in [7, 11) is 3.33. The maximum Gasteiger partial charge on any atom is 0.194 e. The lowest BCUT2D eigenvalue weighted by Crippen LogP contribution is -2.04. The number of para-hydroxylation sites is 2. The summed E-state index contributed by atoms with van der Waals surface area (Å²) in [5, 5.41) is 14.4. The Kier molecular flexibility index (Phi) is 6.58. The second-order valence-electron chi connectivity index (χ2n) is 10.4. The summed E-state index contributed by atoms with van der Waals surface area (Å²) in [5.74, 6) is 0. The zero-order valence-corrected chi connectivity index (χ0v) is 24.2. The zero-order valence-electron chi connectivity index (χ0n) is 24.2. The van der Waals surface area contributed by atoms with Gasteiger partial charge in [-0.25, -0.2) is 4.85 Å². The van der Waals surface area contributed by atoms with Crippen LogP contribution in [0.4, 0.5) is 5.69 Å². The van der Waals surface area contributed by atoms with Gasteiger partial charge >= 0.3 is 0 Å². The summed E-state index contributed by atoms with van der Waals surface area (Å²) >= 11 is 0. The van der Waals surface area contributed by atoms with Crippen LogP contribution in [-0.4, -0.2) is 23.7 Å². The van der Waals surface area contributed by atoms with Gasteiger partial charge in [0.15, 0.2) is 5.69 Å². The Balaban J connectivity index is 1.23.